The molecule has 0 aliphatic heterocycles. The lowest BCUT2D eigenvalue weighted by atomic mass is 10.1. The first kappa shape index (κ1) is 7.87. The fourth-order valence-electron chi connectivity index (χ4n) is 1.12. The van der Waals surface area contributed by atoms with Crippen LogP contribution in [0.3, 0.4) is 0 Å². The van der Waals surface area contributed by atoms with Crippen LogP contribution in [0.2, 0.25) is 0 Å². The molecule has 0 aromatic heterocycles. The van der Waals surface area contributed by atoms with Crippen molar-refractivity contribution in [2.75, 3.05) is 0 Å². The van der Waals surface area contributed by atoms with E-state index < -0.39 is 0 Å². The Bertz CT molecular complexity index is 166. The summed E-state index contributed by atoms with van der Waals surface area (Å²) in [6.45, 7) is 2.21. The minimum Gasteiger partial charge on any atom is -0.0888 e. The van der Waals surface area contributed by atoms with Crippen LogP contribution in [-0.2, 0) is 0 Å². The molecule has 1 heteroatoms. The van der Waals surface area contributed by atoms with Crippen molar-refractivity contribution in [3.8, 4) is 0 Å². The second-order valence-electron chi connectivity index (χ2n) is 2.72. The summed E-state index contributed by atoms with van der Waals surface area (Å²) in [6.07, 6.45) is 8.95. The molecule has 0 fully saturated rings. The van der Waals surface area contributed by atoms with Crippen molar-refractivity contribution in [1.82, 2.24) is 0 Å². The second-order valence-corrected chi connectivity index (χ2v) is 3.20. The average Bonchev–Trinajstić information content (AvgIpc) is 2.31. The van der Waals surface area contributed by atoms with E-state index in [0.29, 0.717) is 0 Å². The molecule has 0 unspecified atom stereocenters. The lowest BCUT2D eigenvalue weighted by Gasteiger charge is -1.98. The molecule has 1 aliphatic carbocycles. The van der Waals surface area contributed by atoms with Gasteiger partial charge in [0.1, 0.15) is 0 Å². The zero-order valence-electron chi connectivity index (χ0n) is 6.36. The summed E-state index contributed by atoms with van der Waals surface area (Å²) < 4.78 is 0. The predicted molar refractivity (Wildman–Crippen MR) is 46.2 cm³/mol. The lowest BCUT2D eigenvalue weighted by molar-refractivity contribution is 0.778. The summed E-state index contributed by atoms with van der Waals surface area (Å²) in [7, 11) is 0. The number of unbranched alkanes of at least 4 members (excludes halogenated alkanes) is 1. The van der Waals surface area contributed by atoms with Gasteiger partial charge in [-0.15, -0.1) is 0 Å². The Morgan fingerprint density at radius 2 is 2.30 bits per heavy atom. The Kier molecular flexibility index (Phi) is 3.01. The highest BCUT2D eigenvalue weighted by Gasteiger charge is 2.04. The van der Waals surface area contributed by atoms with Gasteiger partial charge in [0, 0.05) is 11.5 Å². The van der Waals surface area contributed by atoms with Crippen molar-refractivity contribution in [2.45, 2.75) is 32.6 Å². The van der Waals surface area contributed by atoms with Crippen LogP contribution < -0.4 is 0 Å². The van der Waals surface area contributed by atoms with Crippen LogP contribution in [0.4, 0.5) is 0 Å². The van der Waals surface area contributed by atoms with Gasteiger partial charge >= 0.3 is 0 Å². The molecular formula is C9H13Cl. The molecule has 1 rings (SSSR count). The van der Waals surface area contributed by atoms with Gasteiger partial charge in [-0.05, 0) is 18.9 Å². The van der Waals surface area contributed by atoms with Crippen LogP contribution >= 0.6 is 11.6 Å². The first-order valence-electron chi connectivity index (χ1n) is 3.87. The summed E-state index contributed by atoms with van der Waals surface area (Å²) in [6, 6.07) is 0. The molecule has 0 amide bonds. The monoisotopic (exact) mass is 156 g/mol. The lowest BCUT2D eigenvalue weighted by Crippen LogP contribution is -1.78. The van der Waals surface area contributed by atoms with E-state index in [4.69, 9.17) is 11.6 Å². The molecule has 0 aromatic rings. The first-order chi connectivity index (χ1) is 4.83. The normalized spacial score (nSPS) is 17.0. The summed E-state index contributed by atoms with van der Waals surface area (Å²) in [4.78, 5) is 0. The Labute approximate surface area is 67.6 Å². The van der Waals surface area contributed by atoms with Crippen molar-refractivity contribution < 1.29 is 0 Å². The van der Waals surface area contributed by atoms with E-state index in [1.165, 1.54) is 24.8 Å². The van der Waals surface area contributed by atoms with E-state index >= 15 is 0 Å². The maximum Gasteiger partial charge on any atom is 0.0221 e. The zero-order valence-corrected chi connectivity index (χ0v) is 7.12. The van der Waals surface area contributed by atoms with E-state index in [-0.39, 0.29) is 0 Å². The van der Waals surface area contributed by atoms with Crippen molar-refractivity contribution in [3.63, 3.8) is 0 Å². The molecular weight excluding hydrogens is 144 g/mol. The predicted octanol–water partition coefficient (Wildman–Crippen LogP) is 3.63. The summed E-state index contributed by atoms with van der Waals surface area (Å²) >= 11 is 5.79. The largest absolute Gasteiger partial charge is 0.0888 e. The third-order valence-corrected chi connectivity index (χ3v) is 2.01. The van der Waals surface area contributed by atoms with E-state index in [1.807, 2.05) is 6.08 Å². The van der Waals surface area contributed by atoms with Gasteiger partial charge in [-0.2, -0.15) is 0 Å². The van der Waals surface area contributed by atoms with Gasteiger partial charge in [-0.3, -0.25) is 0 Å². The molecule has 0 saturated carbocycles. The zero-order chi connectivity index (χ0) is 7.40. The van der Waals surface area contributed by atoms with E-state index in [9.17, 15) is 0 Å². The van der Waals surface area contributed by atoms with Crippen LogP contribution in [0.5, 0.6) is 0 Å². The number of hydrogen-bond acceptors (Lipinski definition) is 0. The third kappa shape index (κ3) is 2.18. The molecule has 0 saturated heterocycles. The van der Waals surface area contributed by atoms with Crippen LogP contribution in [0.1, 0.15) is 32.6 Å². The molecule has 10 heavy (non-hydrogen) atoms. The molecule has 0 heterocycles. The van der Waals surface area contributed by atoms with Crippen molar-refractivity contribution >= 4 is 11.6 Å². The standard InChI is InChI=1S/C9H13Cl/c1-2-3-4-8-5-6-9(10)7-8/h5-6H,2-4,7H2,1H3. The highest BCUT2D eigenvalue weighted by Crippen LogP contribution is 2.25. The highest BCUT2D eigenvalue weighted by atomic mass is 35.5. The number of allylic oxidation sites excluding steroid dienone is 4. The fraction of sp³-hybridized carbons (Fsp3) is 0.556. The minimum absolute atomic E-state index is 0.992. The quantitative estimate of drug-likeness (QED) is 0.586. The van der Waals surface area contributed by atoms with E-state index in [2.05, 4.69) is 13.0 Å². The van der Waals surface area contributed by atoms with Gasteiger partial charge in [0.15, 0.2) is 0 Å². The van der Waals surface area contributed by atoms with Crippen LogP contribution in [0, 0.1) is 0 Å². The van der Waals surface area contributed by atoms with E-state index in [0.717, 1.165) is 11.5 Å². The van der Waals surface area contributed by atoms with Gasteiger partial charge < -0.3 is 0 Å². The molecule has 0 spiro atoms. The van der Waals surface area contributed by atoms with Gasteiger partial charge in [0.2, 0.25) is 0 Å². The van der Waals surface area contributed by atoms with Gasteiger partial charge in [-0.25, -0.2) is 0 Å². The van der Waals surface area contributed by atoms with Crippen molar-refractivity contribution in [3.05, 3.63) is 22.8 Å². The van der Waals surface area contributed by atoms with Crippen LogP contribution in [0.25, 0.3) is 0 Å². The van der Waals surface area contributed by atoms with Crippen LogP contribution in [-0.4, -0.2) is 0 Å². The van der Waals surface area contributed by atoms with Gasteiger partial charge in [0.05, 0.1) is 0 Å². The number of rotatable bonds is 3. The maximum absolute atomic E-state index is 5.79. The smallest absolute Gasteiger partial charge is 0.0221 e. The number of halogens is 1. The number of hydrogen-bond donors (Lipinski definition) is 0. The molecule has 0 aromatic carbocycles. The molecule has 56 valence electrons. The summed E-state index contributed by atoms with van der Waals surface area (Å²) in [5.74, 6) is 0. The maximum atomic E-state index is 5.79. The van der Waals surface area contributed by atoms with Crippen molar-refractivity contribution in [2.24, 2.45) is 0 Å². The Morgan fingerprint density at radius 1 is 1.50 bits per heavy atom. The Balaban J connectivity index is 2.22. The molecule has 0 radical (unpaired) electrons. The molecule has 0 N–H and O–H groups in total. The highest BCUT2D eigenvalue weighted by molar-refractivity contribution is 6.30. The van der Waals surface area contributed by atoms with Crippen LogP contribution in [0.15, 0.2) is 22.8 Å². The van der Waals surface area contributed by atoms with Crippen molar-refractivity contribution in [1.29, 1.82) is 0 Å². The Hall–Kier alpha value is -0.230. The SMILES string of the molecule is CCCCC1=CC=C(Cl)C1. The molecule has 0 bridgehead atoms. The summed E-state index contributed by atoms with van der Waals surface area (Å²) in [5, 5.41) is 0.992. The second kappa shape index (κ2) is 3.82. The third-order valence-electron chi connectivity index (χ3n) is 1.75. The van der Waals surface area contributed by atoms with E-state index in [1.54, 1.807) is 0 Å². The average molecular weight is 157 g/mol. The van der Waals surface area contributed by atoms with Gasteiger partial charge in [-0.1, -0.05) is 36.6 Å². The van der Waals surface area contributed by atoms with Gasteiger partial charge in [0.25, 0.3) is 0 Å². The fourth-order valence-corrected chi connectivity index (χ4v) is 1.35. The molecule has 1 aliphatic rings. The Morgan fingerprint density at radius 3 is 2.80 bits per heavy atom. The summed E-state index contributed by atoms with van der Waals surface area (Å²) in [5.41, 5.74) is 1.49. The topological polar surface area (TPSA) is 0 Å². The molecule has 0 nitrogen and oxygen atoms in total. The first-order valence-corrected chi connectivity index (χ1v) is 4.25. The molecule has 0 atom stereocenters. The minimum atomic E-state index is 0.992.